The number of benzene rings is 3. The number of fused-ring (bicyclic) bond motifs is 3. The first-order chi connectivity index (χ1) is 14.3. The van der Waals surface area contributed by atoms with Crippen molar-refractivity contribution in [3.8, 4) is 11.4 Å². The minimum absolute atomic E-state index is 0.223. The van der Waals surface area contributed by atoms with Gasteiger partial charge in [0.25, 0.3) is 0 Å². The fraction of sp³-hybridized carbons (Fsp3) is 0.259. The maximum atomic E-state index is 11.3. The van der Waals surface area contributed by atoms with Crippen molar-refractivity contribution in [3.05, 3.63) is 95.2 Å². The van der Waals surface area contributed by atoms with Crippen molar-refractivity contribution in [1.82, 2.24) is 4.57 Å². The molecule has 3 nitrogen and oxygen atoms in total. The summed E-state index contributed by atoms with van der Waals surface area (Å²) >= 11 is 0. The maximum absolute atomic E-state index is 11.3. The second-order valence-electron chi connectivity index (χ2n) is 9.09. The molecule has 0 spiro atoms. The van der Waals surface area contributed by atoms with Crippen molar-refractivity contribution in [2.45, 2.75) is 38.7 Å². The lowest BCUT2D eigenvalue weighted by Crippen LogP contribution is -2.42. The van der Waals surface area contributed by atoms with E-state index in [-0.39, 0.29) is 5.41 Å². The van der Waals surface area contributed by atoms with E-state index in [9.17, 15) is 5.11 Å². The number of hydrogen-bond acceptors (Lipinski definition) is 2. The molecule has 0 aliphatic carbocycles. The molecule has 0 bridgehead atoms. The Morgan fingerprint density at radius 1 is 0.867 bits per heavy atom. The van der Waals surface area contributed by atoms with Crippen LogP contribution >= 0.6 is 0 Å². The zero-order valence-electron chi connectivity index (χ0n) is 17.9. The van der Waals surface area contributed by atoms with Gasteiger partial charge in [-0.15, -0.1) is 0 Å². The highest BCUT2D eigenvalue weighted by atomic mass is 16.5. The van der Waals surface area contributed by atoms with Crippen molar-refractivity contribution in [3.63, 3.8) is 0 Å². The summed E-state index contributed by atoms with van der Waals surface area (Å²) in [6.07, 6.45) is 0. The van der Waals surface area contributed by atoms with Crippen LogP contribution < -0.4 is 0 Å². The summed E-state index contributed by atoms with van der Waals surface area (Å²) in [6, 6.07) is 24.9. The molecule has 2 heterocycles. The Bertz CT molecular complexity index is 1240. The number of aromatic nitrogens is 1. The average molecular weight is 398 g/mol. The Morgan fingerprint density at radius 3 is 2.17 bits per heavy atom. The Hall–Kier alpha value is -3.04. The van der Waals surface area contributed by atoms with Gasteiger partial charge in [0, 0.05) is 27.7 Å². The molecule has 152 valence electrons. The molecule has 30 heavy (non-hydrogen) atoms. The van der Waals surface area contributed by atoms with E-state index in [1.807, 2.05) is 37.3 Å². The highest BCUT2D eigenvalue weighted by Gasteiger charge is 2.47. The molecule has 5 rings (SSSR count). The lowest BCUT2D eigenvalue weighted by molar-refractivity contribution is -0.0437. The monoisotopic (exact) mass is 397 g/mol. The van der Waals surface area contributed by atoms with Gasteiger partial charge in [-0.1, -0.05) is 68.4 Å². The molecular weight excluding hydrogens is 370 g/mol. The van der Waals surface area contributed by atoms with Crippen LogP contribution in [0, 0.1) is 6.92 Å². The molecule has 1 unspecified atom stereocenters. The largest absolute Gasteiger partial charge is 0.507 e. The molecular formula is C27H27NO2. The second-order valence-corrected chi connectivity index (χ2v) is 9.09. The van der Waals surface area contributed by atoms with E-state index in [4.69, 9.17) is 4.74 Å². The third-order valence-electron chi connectivity index (χ3n) is 6.49. The molecule has 0 saturated carbocycles. The molecule has 3 heteroatoms. The summed E-state index contributed by atoms with van der Waals surface area (Å²) in [4.78, 5) is 0. The number of phenolic OH excluding ortho intramolecular Hbond substituents is 1. The van der Waals surface area contributed by atoms with Crippen LogP contribution in [0.2, 0.25) is 0 Å². The highest BCUT2D eigenvalue weighted by Crippen LogP contribution is 2.52. The van der Waals surface area contributed by atoms with Gasteiger partial charge in [0.1, 0.15) is 11.4 Å². The fourth-order valence-electron chi connectivity index (χ4n) is 4.87. The first-order valence-corrected chi connectivity index (χ1v) is 10.5. The summed E-state index contributed by atoms with van der Waals surface area (Å²) in [5, 5.41) is 12.1. The van der Waals surface area contributed by atoms with Crippen molar-refractivity contribution < 1.29 is 9.84 Å². The molecule has 1 aromatic heterocycles. The quantitative estimate of drug-likeness (QED) is 0.436. The predicted octanol–water partition coefficient (Wildman–Crippen LogP) is 6.22. The topological polar surface area (TPSA) is 34.4 Å². The fourth-order valence-corrected chi connectivity index (χ4v) is 4.87. The van der Waals surface area contributed by atoms with Gasteiger partial charge in [0.15, 0.2) is 0 Å². The van der Waals surface area contributed by atoms with Crippen molar-refractivity contribution in [2.75, 3.05) is 6.61 Å². The Morgan fingerprint density at radius 2 is 1.50 bits per heavy atom. The van der Waals surface area contributed by atoms with E-state index in [0.717, 1.165) is 33.3 Å². The van der Waals surface area contributed by atoms with Crippen LogP contribution in [0.5, 0.6) is 5.75 Å². The van der Waals surface area contributed by atoms with Crippen LogP contribution in [0.3, 0.4) is 0 Å². The number of hydrogen-bond donors (Lipinski definition) is 1. The minimum Gasteiger partial charge on any atom is -0.507 e. The van der Waals surface area contributed by atoms with E-state index in [1.54, 1.807) is 0 Å². The molecule has 1 aliphatic rings. The van der Waals surface area contributed by atoms with Gasteiger partial charge >= 0.3 is 0 Å². The molecule has 1 atom stereocenters. The maximum Gasteiger partial charge on any atom is 0.128 e. The van der Waals surface area contributed by atoms with Gasteiger partial charge in [0.05, 0.1) is 12.1 Å². The van der Waals surface area contributed by atoms with E-state index in [0.29, 0.717) is 12.4 Å². The highest BCUT2D eigenvalue weighted by molar-refractivity contribution is 5.95. The van der Waals surface area contributed by atoms with Gasteiger partial charge < -0.3 is 14.4 Å². The number of ether oxygens (including phenoxy) is 1. The zero-order chi connectivity index (χ0) is 21.1. The molecule has 0 saturated heterocycles. The predicted molar refractivity (Wildman–Crippen MR) is 122 cm³/mol. The number of nitrogens with zero attached hydrogens (tertiary/aromatic N) is 1. The summed E-state index contributed by atoms with van der Waals surface area (Å²) in [5.41, 5.74) is 5.44. The standard InChI is InChI=1S/C27H27NO2/c1-18-15-16-21-22(24(18)29)23-25(28(21)20-13-9-6-10-14-20)26(2,3)17-30-27(23,4)19-11-7-5-8-12-19/h5-16,29H,17H2,1-4H3. The number of aryl methyl sites for hydroxylation is 1. The normalized spacial score (nSPS) is 20.3. The number of aromatic hydroxyl groups is 1. The second kappa shape index (κ2) is 6.48. The Balaban J connectivity index is 1.99. The van der Waals surface area contributed by atoms with Gasteiger partial charge in [-0.2, -0.15) is 0 Å². The molecule has 4 aromatic rings. The third kappa shape index (κ3) is 2.55. The van der Waals surface area contributed by atoms with Crippen LogP contribution in [0.1, 0.15) is 43.2 Å². The van der Waals surface area contributed by atoms with Gasteiger partial charge in [-0.05, 0) is 43.2 Å². The SMILES string of the molecule is Cc1ccc2c(c1O)c1c(n2-c2ccccc2)C(C)(C)COC1(C)c1ccccc1. The van der Waals surface area contributed by atoms with Gasteiger partial charge in [-0.25, -0.2) is 0 Å². The van der Waals surface area contributed by atoms with Gasteiger partial charge in [-0.3, -0.25) is 0 Å². The molecule has 3 aromatic carbocycles. The zero-order valence-corrected chi connectivity index (χ0v) is 17.9. The number of phenols is 1. The molecule has 1 aliphatic heterocycles. The summed E-state index contributed by atoms with van der Waals surface area (Å²) in [6.45, 7) is 9.12. The minimum atomic E-state index is -0.657. The van der Waals surface area contributed by atoms with Crippen LogP contribution in [0.15, 0.2) is 72.8 Å². The summed E-state index contributed by atoms with van der Waals surface area (Å²) < 4.78 is 8.93. The van der Waals surface area contributed by atoms with Crippen LogP contribution in [0.4, 0.5) is 0 Å². The Labute approximate surface area is 177 Å². The van der Waals surface area contributed by atoms with E-state index < -0.39 is 5.60 Å². The van der Waals surface area contributed by atoms with Gasteiger partial charge in [0.2, 0.25) is 0 Å². The van der Waals surface area contributed by atoms with Crippen LogP contribution in [0.25, 0.3) is 16.6 Å². The first-order valence-electron chi connectivity index (χ1n) is 10.5. The van der Waals surface area contributed by atoms with Crippen molar-refractivity contribution >= 4 is 10.9 Å². The average Bonchev–Trinajstić information content (AvgIpc) is 3.13. The smallest absolute Gasteiger partial charge is 0.128 e. The van der Waals surface area contributed by atoms with Crippen LogP contribution in [-0.2, 0) is 15.8 Å². The van der Waals surface area contributed by atoms with Crippen molar-refractivity contribution in [1.29, 1.82) is 0 Å². The molecule has 1 N–H and O–H groups in total. The Kier molecular flexibility index (Phi) is 4.09. The van der Waals surface area contributed by atoms with Crippen LogP contribution in [-0.4, -0.2) is 16.3 Å². The van der Waals surface area contributed by atoms with E-state index >= 15 is 0 Å². The first kappa shape index (κ1) is 19.0. The third-order valence-corrected chi connectivity index (χ3v) is 6.49. The number of rotatable bonds is 2. The molecule has 0 radical (unpaired) electrons. The van der Waals surface area contributed by atoms with E-state index in [1.165, 1.54) is 5.69 Å². The van der Waals surface area contributed by atoms with Crippen molar-refractivity contribution in [2.24, 2.45) is 0 Å². The molecule has 0 amide bonds. The lowest BCUT2D eigenvalue weighted by atomic mass is 9.75. The lowest BCUT2D eigenvalue weighted by Gasteiger charge is -2.43. The molecule has 0 fully saturated rings. The summed E-state index contributed by atoms with van der Waals surface area (Å²) in [7, 11) is 0. The number of para-hydroxylation sites is 1. The summed E-state index contributed by atoms with van der Waals surface area (Å²) in [5.74, 6) is 0.335. The van der Waals surface area contributed by atoms with E-state index in [2.05, 4.69) is 67.8 Å².